The van der Waals surface area contributed by atoms with Gasteiger partial charge in [-0.3, -0.25) is 0 Å². The zero-order valence-corrected chi connectivity index (χ0v) is 14.0. The van der Waals surface area contributed by atoms with E-state index in [1.807, 2.05) is 6.07 Å². The van der Waals surface area contributed by atoms with Crippen molar-refractivity contribution in [2.75, 3.05) is 26.1 Å². The van der Waals surface area contributed by atoms with E-state index in [9.17, 15) is 0 Å². The van der Waals surface area contributed by atoms with Gasteiger partial charge in [0, 0.05) is 18.7 Å². The summed E-state index contributed by atoms with van der Waals surface area (Å²) in [7, 11) is 3.27. The minimum Gasteiger partial charge on any atom is -0.495 e. The quantitative estimate of drug-likeness (QED) is 0.795. The summed E-state index contributed by atoms with van der Waals surface area (Å²) in [6, 6.07) is 3.69. The van der Waals surface area contributed by atoms with E-state index < -0.39 is 0 Å². The van der Waals surface area contributed by atoms with Crippen LogP contribution in [0.25, 0.3) is 0 Å². The summed E-state index contributed by atoms with van der Waals surface area (Å²) in [5.74, 6) is 2.72. The minimum absolute atomic E-state index is 0.560. The maximum absolute atomic E-state index is 6.13. The van der Waals surface area contributed by atoms with Gasteiger partial charge in [-0.2, -0.15) is 0 Å². The Morgan fingerprint density at radius 2 is 1.95 bits per heavy atom. The van der Waals surface area contributed by atoms with E-state index >= 15 is 0 Å². The third-order valence-corrected chi connectivity index (χ3v) is 4.24. The first-order valence-corrected chi connectivity index (χ1v) is 7.74. The van der Waals surface area contributed by atoms with Crippen LogP contribution in [0.5, 0.6) is 11.5 Å². The molecule has 2 unspecified atom stereocenters. The van der Waals surface area contributed by atoms with Crippen molar-refractivity contribution in [3.8, 4) is 11.5 Å². The molecule has 0 aliphatic heterocycles. The van der Waals surface area contributed by atoms with Crippen molar-refractivity contribution in [3.63, 3.8) is 0 Å². The normalized spacial score (nSPS) is 21.7. The number of ether oxygens (including phenoxy) is 2. The number of anilines is 1. The second kappa shape index (κ2) is 7.08. The van der Waals surface area contributed by atoms with Crippen LogP contribution in [-0.2, 0) is 0 Å². The van der Waals surface area contributed by atoms with Gasteiger partial charge in [-0.1, -0.05) is 30.2 Å². The van der Waals surface area contributed by atoms with Gasteiger partial charge >= 0.3 is 0 Å². The van der Waals surface area contributed by atoms with Crippen molar-refractivity contribution in [1.82, 2.24) is 0 Å². The molecule has 0 radical (unpaired) electrons. The number of hydrogen-bond donors (Lipinski definition) is 1. The third-order valence-electron chi connectivity index (χ3n) is 3.94. The van der Waals surface area contributed by atoms with Gasteiger partial charge in [0.05, 0.1) is 24.9 Å². The SMILES string of the molecule is COc1cc(NCC2CC(C)=CC(C)C2)c(OC)cc1Cl. The molecule has 0 saturated heterocycles. The Morgan fingerprint density at radius 1 is 1.24 bits per heavy atom. The average molecular weight is 310 g/mol. The number of rotatable bonds is 5. The number of methoxy groups -OCH3 is 2. The molecule has 1 aliphatic carbocycles. The van der Waals surface area contributed by atoms with Gasteiger partial charge in [0.1, 0.15) is 11.5 Å². The van der Waals surface area contributed by atoms with E-state index in [1.54, 1.807) is 20.3 Å². The summed E-state index contributed by atoms with van der Waals surface area (Å²) < 4.78 is 10.7. The smallest absolute Gasteiger partial charge is 0.143 e. The molecule has 2 atom stereocenters. The maximum Gasteiger partial charge on any atom is 0.143 e. The summed E-state index contributed by atoms with van der Waals surface area (Å²) in [6.07, 6.45) is 4.75. The van der Waals surface area contributed by atoms with Gasteiger partial charge in [-0.15, -0.1) is 0 Å². The molecule has 2 rings (SSSR count). The third kappa shape index (κ3) is 4.07. The molecule has 1 aromatic carbocycles. The Morgan fingerprint density at radius 3 is 2.57 bits per heavy atom. The van der Waals surface area contributed by atoms with Crippen molar-refractivity contribution in [2.24, 2.45) is 11.8 Å². The van der Waals surface area contributed by atoms with E-state index in [-0.39, 0.29) is 0 Å². The van der Waals surface area contributed by atoms with Crippen molar-refractivity contribution in [1.29, 1.82) is 0 Å². The van der Waals surface area contributed by atoms with Crippen LogP contribution in [0.15, 0.2) is 23.8 Å². The molecule has 0 aromatic heterocycles. The van der Waals surface area contributed by atoms with Crippen LogP contribution >= 0.6 is 11.6 Å². The number of halogens is 1. The lowest BCUT2D eigenvalue weighted by atomic mass is 9.84. The van der Waals surface area contributed by atoms with Gasteiger partial charge in [0.2, 0.25) is 0 Å². The predicted molar refractivity (Wildman–Crippen MR) is 88.7 cm³/mol. The van der Waals surface area contributed by atoms with Crippen molar-refractivity contribution in [3.05, 3.63) is 28.8 Å². The molecule has 4 heteroatoms. The Kier molecular flexibility index (Phi) is 5.40. The highest BCUT2D eigenvalue weighted by atomic mass is 35.5. The highest BCUT2D eigenvalue weighted by Gasteiger charge is 2.18. The lowest BCUT2D eigenvalue weighted by Gasteiger charge is -2.26. The summed E-state index contributed by atoms with van der Waals surface area (Å²) in [4.78, 5) is 0. The van der Waals surface area contributed by atoms with Gasteiger partial charge in [0.25, 0.3) is 0 Å². The molecule has 0 amide bonds. The number of nitrogens with one attached hydrogen (secondary N) is 1. The van der Waals surface area contributed by atoms with E-state index in [4.69, 9.17) is 21.1 Å². The number of benzene rings is 1. The first-order valence-electron chi connectivity index (χ1n) is 7.36. The Bertz CT molecular complexity index is 528. The zero-order valence-electron chi connectivity index (χ0n) is 13.2. The second-order valence-corrected chi connectivity index (χ2v) is 6.27. The predicted octanol–water partition coefficient (Wildman–Crippen LogP) is 4.76. The highest BCUT2D eigenvalue weighted by molar-refractivity contribution is 6.32. The standard InChI is InChI=1S/C17H24ClNO2/c1-11-5-12(2)7-13(6-11)10-19-15-9-16(20-3)14(18)8-17(15)21-4/h5,8-9,11,13,19H,6-7,10H2,1-4H3. The minimum atomic E-state index is 0.560. The van der Waals surface area contributed by atoms with Crippen LogP contribution < -0.4 is 14.8 Å². The molecule has 116 valence electrons. The summed E-state index contributed by atoms with van der Waals surface area (Å²) in [6.45, 7) is 5.42. The van der Waals surface area contributed by atoms with Crippen LogP contribution in [0, 0.1) is 11.8 Å². The molecule has 0 saturated carbocycles. The molecule has 21 heavy (non-hydrogen) atoms. The van der Waals surface area contributed by atoms with E-state index in [0.717, 1.165) is 24.4 Å². The number of hydrogen-bond acceptors (Lipinski definition) is 3. The molecular weight excluding hydrogens is 286 g/mol. The Balaban J connectivity index is 2.07. The summed E-state index contributed by atoms with van der Waals surface area (Å²) >= 11 is 6.13. The first kappa shape index (κ1) is 16.0. The molecule has 0 heterocycles. The van der Waals surface area contributed by atoms with Crippen LogP contribution in [-0.4, -0.2) is 20.8 Å². The summed E-state index contributed by atoms with van der Waals surface area (Å²) in [5.41, 5.74) is 2.42. The molecule has 1 aromatic rings. The highest BCUT2D eigenvalue weighted by Crippen LogP contribution is 2.36. The fourth-order valence-electron chi connectivity index (χ4n) is 3.09. The van der Waals surface area contributed by atoms with Gasteiger partial charge < -0.3 is 14.8 Å². The molecule has 0 bridgehead atoms. The number of allylic oxidation sites excluding steroid dienone is 2. The topological polar surface area (TPSA) is 30.5 Å². The largest absolute Gasteiger partial charge is 0.495 e. The molecule has 1 N–H and O–H groups in total. The van der Waals surface area contributed by atoms with Gasteiger partial charge in [-0.05, 0) is 31.6 Å². The monoisotopic (exact) mass is 309 g/mol. The van der Waals surface area contributed by atoms with Gasteiger partial charge in [0.15, 0.2) is 0 Å². The van der Waals surface area contributed by atoms with Crippen LogP contribution in [0.3, 0.4) is 0 Å². The fourth-order valence-corrected chi connectivity index (χ4v) is 3.33. The average Bonchev–Trinajstić information content (AvgIpc) is 2.44. The Hall–Kier alpha value is -1.35. The fraction of sp³-hybridized carbons (Fsp3) is 0.529. The van der Waals surface area contributed by atoms with Crippen molar-refractivity contribution in [2.45, 2.75) is 26.7 Å². The first-order chi connectivity index (χ1) is 10.0. The lowest BCUT2D eigenvalue weighted by Crippen LogP contribution is -2.20. The van der Waals surface area contributed by atoms with E-state index in [2.05, 4.69) is 25.2 Å². The van der Waals surface area contributed by atoms with Crippen LogP contribution in [0.2, 0.25) is 5.02 Å². The second-order valence-electron chi connectivity index (χ2n) is 5.86. The van der Waals surface area contributed by atoms with Crippen LogP contribution in [0.4, 0.5) is 5.69 Å². The molecule has 0 fully saturated rings. The Labute approximate surface area is 132 Å². The maximum atomic E-state index is 6.13. The van der Waals surface area contributed by atoms with E-state index in [1.165, 1.54) is 12.0 Å². The molecular formula is C17H24ClNO2. The lowest BCUT2D eigenvalue weighted by molar-refractivity contribution is 0.401. The van der Waals surface area contributed by atoms with Crippen LogP contribution in [0.1, 0.15) is 26.7 Å². The van der Waals surface area contributed by atoms with Crippen molar-refractivity contribution >= 4 is 17.3 Å². The molecule has 3 nitrogen and oxygen atoms in total. The zero-order chi connectivity index (χ0) is 15.4. The molecule has 1 aliphatic rings. The van der Waals surface area contributed by atoms with Crippen molar-refractivity contribution < 1.29 is 9.47 Å². The molecule has 0 spiro atoms. The summed E-state index contributed by atoms with van der Waals surface area (Å²) in [5, 5.41) is 4.05. The van der Waals surface area contributed by atoms with Gasteiger partial charge in [-0.25, -0.2) is 0 Å². The van der Waals surface area contributed by atoms with E-state index in [0.29, 0.717) is 22.6 Å².